The van der Waals surface area contributed by atoms with Crippen LogP contribution in [0.25, 0.3) is 0 Å². The minimum atomic E-state index is -0.275. The zero-order valence-electron chi connectivity index (χ0n) is 11.6. The molecule has 0 bridgehead atoms. The third-order valence-corrected chi connectivity index (χ3v) is 3.04. The van der Waals surface area contributed by atoms with Gasteiger partial charge in [-0.2, -0.15) is 0 Å². The van der Waals surface area contributed by atoms with Crippen LogP contribution in [0.5, 0.6) is 0 Å². The van der Waals surface area contributed by atoms with Gasteiger partial charge >= 0.3 is 5.97 Å². The standard InChI is InChI=1S/C15H23NO2.ClH/c1-18-15(17)14-10-8-13(9-11-14)7-5-3-2-4-6-12-16;/h8-11H,2-7,12,16H2,1H3;1H. The summed E-state index contributed by atoms with van der Waals surface area (Å²) in [6.07, 6.45) is 7.15. The number of rotatable bonds is 8. The number of methoxy groups -OCH3 is 1. The van der Waals surface area contributed by atoms with Crippen LogP contribution in [-0.2, 0) is 11.2 Å². The van der Waals surface area contributed by atoms with E-state index in [9.17, 15) is 4.79 Å². The lowest BCUT2D eigenvalue weighted by Crippen LogP contribution is -2.00. The molecule has 1 rings (SSSR count). The maximum absolute atomic E-state index is 11.3. The average Bonchev–Trinajstić information content (AvgIpc) is 2.42. The van der Waals surface area contributed by atoms with Gasteiger partial charge in [0.2, 0.25) is 0 Å². The van der Waals surface area contributed by atoms with Crippen molar-refractivity contribution in [2.45, 2.75) is 38.5 Å². The van der Waals surface area contributed by atoms with Crippen molar-refractivity contribution in [3.8, 4) is 0 Å². The van der Waals surface area contributed by atoms with Crippen LogP contribution < -0.4 is 5.73 Å². The maximum atomic E-state index is 11.3. The maximum Gasteiger partial charge on any atom is 0.337 e. The third-order valence-electron chi connectivity index (χ3n) is 3.04. The predicted molar refractivity (Wildman–Crippen MR) is 80.9 cm³/mol. The molecule has 2 N–H and O–H groups in total. The highest BCUT2D eigenvalue weighted by molar-refractivity contribution is 5.89. The number of carbonyl (C=O) groups excluding carboxylic acids is 1. The first-order valence-electron chi connectivity index (χ1n) is 6.65. The van der Waals surface area contributed by atoms with Crippen LogP contribution in [0.2, 0.25) is 0 Å². The number of benzene rings is 1. The second-order valence-corrected chi connectivity index (χ2v) is 4.49. The van der Waals surface area contributed by atoms with Gasteiger partial charge in [0.05, 0.1) is 12.7 Å². The van der Waals surface area contributed by atoms with E-state index in [0.717, 1.165) is 19.4 Å². The van der Waals surface area contributed by atoms with E-state index in [4.69, 9.17) is 5.73 Å². The molecular weight excluding hydrogens is 262 g/mol. The van der Waals surface area contributed by atoms with Crippen molar-refractivity contribution in [2.24, 2.45) is 5.73 Å². The highest BCUT2D eigenvalue weighted by atomic mass is 35.5. The van der Waals surface area contributed by atoms with Gasteiger partial charge in [0, 0.05) is 0 Å². The Bertz CT molecular complexity index is 352. The third kappa shape index (κ3) is 7.19. The normalized spacial score (nSPS) is 9.79. The summed E-state index contributed by atoms with van der Waals surface area (Å²) < 4.78 is 4.66. The lowest BCUT2D eigenvalue weighted by Gasteiger charge is -2.03. The van der Waals surface area contributed by atoms with Crippen molar-refractivity contribution in [1.29, 1.82) is 0 Å². The van der Waals surface area contributed by atoms with Gasteiger partial charge in [-0.05, 0) is 43.5 Å². The number of halogens is 1. The predicted octanol–water partition coefficient (Wildman–Crippen LogP) is 3.35. The minimum absolute atomic E-state index is 0. The molecule has 0 saturated heterocycles. The second kappa shape index (κ2) is 10.8. The van der Waals surface area contributed by atoms with Gasteiger partial charge in [-0.15, -0.1) is 12.4 Å². The molecule has 0 amide bonds. The van der Waals surface area contributed by atoms with Gasteiger partial charge in [0.15, 0.2) is 0 Å². The minimum Gasteiger partial charge on any atom is -0.465 e. The highest BCUT2D eigenvalue weighted by Crippen LogP contribution is 2.10. The zero-order chi connectivity index (χ0) is 13.2. The molecular formula is C15H24ClNO2. The first-order chi connectivity index (χ1) is 8.77. The zero-order valence-corrected chi connectivity index (χ0v) is 12.4. The Kier molecular flexibility index (Phi) is 10.2. The Balaban J connectivity index is 0.00000324. The van der Waals surface area contributed by atoms with E-state index >= 15 is 0 Å². The van der Waals surface area contributed by atoms with Gasteiger partial charge in [-0.25, -0.2) is 4.79 Å². The molecule has 0 aliphatic heterocycles. The summed E-state index contributed by atoms with van der Waals surface area (Å²) in [5.41, 5.74) is 7.34. The Labute approximate surface area is 121 Å². The van der Waals surface area contributed by atoms with Crippen molar-refractivity contribution < 1.29 is 9.53 Å². The number of unbranched alkanes of at least 4 members (excludes halogenated alkanes) is 4. The van der Waals surface area contributed by atoms with Crippen LogP contribution in [0.4, 0.5) is 0 Å². The van der Waals surface area contributed by atoms with Crippen molar-refractivity contribution >= 4 is 18.4 Å². The SMILES string of the molecule is COC(=O)c1ccc(CCCCCCCN)cc1.Cl. The molecule has 108 valence electrons. The largest absolute Gasteiger partial charge is 0.465 e. The fraction of sp³-hybridized carbons (Fsp3) is 0.533. The summed E-state index contributed by atoms with van der Waals surface area (Å²) >= 11 is 0. The molecule has 4 heteroatoms. The number of hydrogen-bond acceptors (Lipinski definition) is 3. The number of aryl methyl sites for hydroxylation is 1. The summed E-state index contributed by atoms with van der Waals surface area (Å²) in [6.45, 7) is 0.801. The molecule has 0 fully saturated rings. The van der Waals surface area contributed by atoms with Gasteiger partial charge in [-0.3, -0.25) is 0 Å². The van der Waals surface area contributed by atoms with Crippen LogP contribution in [0, 0.1) is 0 Å². The van der Waals surface area contributed by atoms with Crippen molar-refractivity contribution in [1.82, 2.24) is 0 Å². The molecule has 0 unspecified atom stereocenters. The Morgan fingerprint density at radius 1 is 1.05 bits per heavy atom. The molecule has 0 heterocycles. The van der Waals surface area contributed by atoms with Gasteiger partial charge in [0.1, 0.15) is 0 Å². The molecule has 1 aromatic rings. The van der Waals surface area contributed by atoms with E-state index < -0.39 is 0 Å². The van der Waals surface area contributed by atoms with Crippen LogP contribution in [0.3, 0.4) is 0 Å². The fourth-order valence-corrected chi connectivity index (χ4v) is 1.93. The Hall–Kier alpha value is -1.06. The van der Waals surface area contributed by atoms with E-state index in [0.29, 0.717) is 5.56 Å². The van der Waals surface area contributed by atoms with Crippen molar-refractivity contribution in [3.63, 3.8) is 0 Å². The summed E-state index contributed by atoms with van der Waals surface area (Å²) in [4.78, 5) is 11.3. The Morgan fingerprint density at radius 3 is 2.21 bits per heavy atom. The topological polar surface area (TPSA) is 52.3 Å². The van der Waals surface area contributed by atoms with Crippen LogP contribution in [0.15, 0.2) is 24.3 Å². The van der Waals surface area contributed by atoms with E-state index in [-0.39, 0.29) is 18.4 Å². The summed E-state index contributed by atoms with van der Waals surface area (Å²) in [7, 11) is 1.40. The molecule has 19 heavy (non-hydrogen) atoms. The molecule has 0 aromatic heterocycles. The number of hydrogen-bond donors (Lipinski definition) is 1. The monoisotopic (exact) mass is 285 g/mol. The number of esters is 1. The fourth-order valence-electron chi connectivity index (χ4n) is 1.93. The lowest BCUT2D eigenvalue weighted by atomic mass is 10.0. The molecule has 0 spiro atoms. The Morgan fingerprint density at radius 2 is 1.63 bits per heavy atom. The van der Waals surface area contributed by atoms with E-state index in [1.54, 1.807) is 0 Å². The van der Waals surface area contributed by atoms with E-state index in [1.165, 1.54) is 38.4 Å². The quantitative estimate of drug-likeness (QED) is 0.589. The molecule has 0 radical (unpaired) electrons. The highest BCUT2D eigenvalue weighted by Gasteiger charge is 2.03. The van der Waals surface area contributed by atoms with Gasteiger partial charge < -0.3 is 10.5 Å². The van der Waals surface area contributed by atoms with Crippen molar-refractivity contribution in [3.05, 3.63) is 35.4 Å². The second-order valence-electron chi connectivity index (χ2n) is 4.49. The lowest BCUT2D eigenvalue weighted by molar-refractivity contribution is 0.0600. The average molecular weight is 286 g/mol. The van der Waals surface area contributed by atoms with Gasteiger partial charge in [-0.1, -0.05) is 31.4 Å². The van der Waals surface area contributed by atoms with Crippen LogP contribution in [-0.4, -0.2) is 19.6 Å². The molecule has 0 saturated carbocycles. The van der Waals surface area contributed by atoms with E-state index in [1.807, 2.05) is 24.3 Å². The van der Waals surface area contributed by atoms with Crippen LogP contribution in [0.1, 0.15) is 48.0 Å². The van der Waals surface area contributed by atoms with Crippen LogP contribution >= 0.6 is 12.4 Å². The van der Waals surface area contributed by atoms with E-state index in [2.05, 4.69) is 4.74 Å². The first kappa shape index (κ1) is 17.9. The summed E-state index contributed by atoms with van der Waals surface area (Å²) in [5.74, 6) is -0.275. The number of nitrogens with two attached hydrogens (primary N) is 1. The molecule has 1 aromatic carbocycles. The molecule has 0 atom stereocenters. The summed E-state index contributed by atoms with van der Waals surface area (Å²) in [5, 5.41) is 0. The summed E-state index contributed by atoms with van der Waals surface area (Å²) in [6, 6.07) is 7.67. The molecule has 0 aliphatic rings. The first-order valence-corrected chi connectivity index (χ1v) is 6.65. The molecule has 0 aliphatic carbocycles. The van der Waals surface area contributed by atoms with Crippen molar-refractivity contribution in [2.75, 3.05) is 13.7 Å². The number of carbonyl (C=O) groups is 1. The number of ether oxygens (including phenoxy) is 1. The molecule has 3 nitrogen and oxygen atoms in total. The van der Waals surface area contributed by atoms with Gasteiger partial charge in [0.25, 0.3) is 0 Å². The smallest absolute Gasteiger partial charge is 0.337 e.